The summed E-state index contributed by atoms with van der Waals surface area (Å²) in [5.41, 5.74) is 1.30. The van der Waals surface area contributed by atoms with Crippen LogP contribution in [-0.4, -0.2) is 11.4 Å². The van der Waals surface area contributed by atoms with Gasteiger partial charge in [0.25, 0.3) is 0 Å². The molecule has 48 valence electrons. The van der Waals surface area contributed by atoms with Crippen LogP contribution in [0.5, 0.6) is 0 Å². The first-order valence-corrected chi connectivity index (χ1v) is 3.12. The fraction of sp³-hybridized carbons (Fsp3) is 0.429. The van der Waals surface area contributed by atoms with Crippen LogP contribution in [0.4, 0.5) is 0 Å². The summed E-state index contributed by atoms with van der Waals surface area (Å²) in [5.74, 6) is 0. The zero-order valence-electron chi connectivity index (χ0n) is 5.28. The van der Waals surface area contributed by atoms with Crippen molar-refractivity contribution >= 4 is 11.4 Å². The van der Waals surface area contributed by atoms with Crippen molar-refractivity contribution in [3.05, 3.63) is 12.2 Å². The second kappa shape index (κ2) is 2.58. The molecule has 0 saturated heterocycles. The van der Waals surface area contributed by atoms with Gasteiger partial charge in [-0.05, 0) is 31.4 Å². The molecule has 0 aromatic heterocycles. The van der Waals surface area contributed by atoms with E-state index >= 15 is 0 Å². The van der Waals surface area contributed by atoms with Gasteiger partial charge in [-0.25, -0.2) is 0 Å². The molecular weight excluding hydrogens is 112 g/mol. The van der Waals surface area contributed by atoms with E-state index in [2.05, 4.69) is 0 Å². The Hall–Kier alpha value is -0.920. The fourth-order valence-corrected chi connectivity index (χ4v) is 0.837. The van der Waals surface area contributed by atoms with Crippen LogP contribution in [0, 0.1) is 10.8 Å². The van der Waals surface area contributed by atoms with Crippen LogP contribution >= 0.6 is 0 Å². The fourth-order valence-electron chi connectivity index (χ4n) is 0.837. The number of allylic oxidation sites excluding steroid dienone is 2. The van der Waals surface area contributed by atoms with Crippen molar-refractivity contribution in [2.24, 2.45) is 0 Å². The average Bonchev–Trinajstić information content (AvgIpc) is 1.97. The summed E-state index contributed by atoms with van der Waals surface area (Å²) in [6.45, 7) is 0. The van der Waals surface area contributed by atoms with Gasteiger partial charge in [0.1, 0.15) is 0 Å². The highest BCUT2D eigenvalue weighted by Gasteiger charge is 1.99. The Labute approximate surface area is 54.6 Å². The van der Waals surface area contributed by atoms with Crippen molar-refractivity contribution < 1.29 is 0 Å². The van der Waals surface area contributed by atoms with Crippen LogP contribution in [0.2, 0.25) is 0 Å². The summed E-state index contributed by atoms with van der Waals surface area (Å²) >= 11 is 0. The van der Waals surface area contributed by atoms with Crippen LogP contribution < -0.4 is 0 Å². The van der Waals surface area contributed by atoms with E-state index in [1.165, 1.54) is 0 Å². The standard InChI is InChI=1S/C7H10N2/c8-6-2-1-3-7(9)5-4-6/h4-5,8-9H,1-3H2. The molecule has 0 heterocycles. The second-order valence-electron chi connectivity index (χ2n) is 2.24. The summed E-state index contributed by atoms with van der Waals surface area (Å²) in [6, 6.07) is 0. The molecule has 0 aromatic rings. The monoisotopic (exact) mass is 122 g/mol. The number of nitrogens with one attached hydrogen (secondary N) is 2. The first-order valence-electron chi connectivity index (χ1n) is 3.12. The molecule has 2 heteroatoms. The van der Waals surface area contributed by atoms with Gasteiger partial charge in [-0.1, -0.05) is 0 Å². The van der Waals surface area contributed by atoms with E-state index in [1.807, 2.05) is 0 Å². The third-order valence-corrected chi connectivity index (χ3v) is 1.38. The Morgan fingerprint density at radius 2 is 1.44 bits per heavy atom. The SMILES string of the molecule is N=C1C=CC(=N)CCC1. The van der Waals surface area contributed by atoms with Crippen LogP contribution in [0.1, 0.15) is 19.3 Å². The summed E-state index contributed by atoms with van der Waals surface area (Å²) < 4.78 is 0. The smallest absolute Gasteiger partial charge is 0.0314 e. The minimum Gasteiger partial charge on any atom is -0.305 e. The van der Waals surface area contributed by atoms with Gasteiger partial charge in [0.15, 0.2) is 0 Å². The molecule has 0 bridgehead atoms. The molecule has 0 radical (unpaired) electrons. The highest BCUT2D eigenvalue weighted by atomic mass is 14.4. The maximum absolute atomic E-state index is 7.24. The van der Waals surface area contributed by atoms with Crippen molar-refractivity contribution in [1.82, 2.24) is 0 Å². The Balaban J connectivity index is 2.63. The van der Waals surface area contributed by atoms with E-state index in [0.717, 1.165) is 19.3 Å². The van der Waals surface area contributed by atoms with E-state index in [1.54, 1.807) is 12.2 Å². The Kier molecular flexibility index (Phi) is 1.78. The topological polar surface area (TPSA) is 47.7 Å². The van der Waals surface area contributed by atoms with Crippen molar-refractivity contribution in [3.63, 3.8) is 0 Å². The largest absolute Gasteiger partial charge is 0.305 e. The Morgan fingerprint density at radius 1 is 1.00 bits per heavy atom. The summed E-state index contributed by atoms with van der Waals surface area (Å²) in [5, 5.41) is 14.5. The van der Waals surface area contributed by atoms with E-state index in [0.29, 0.717) is 11.4 Å². The van der Waals surface area contributed by atoms with Gasteiger partial charge in [0.2, 0.25) is 0 Å². The van der Waals surface area contributed by atoms with Gasteiger partial charge in [0, 0.05) is 11.4 Å². The van der Waals surface area contributed by atoms with Crippen molar-refractivity contribution in [1.29, 1.82) is 10.8 Å². The first-order chi connectivity index (χ1) is 4.29. The van der Waals surface area contributed by atoms with Crippen LogP contribution in [0.25, 0.3) is 0 Å². The first kappa shape index (κ1) is 6.20. The van der Waals surface area contributed by atoms with Gasteiger partial charge in [-0.3, -0.25) is 0 Å². The highest BCUT2D eigenvalue weighted by molar-refractivity contribution is 6.02. The van der Waals surface area contributed by atoms with E-state index in [4.69, 9.17) is 10.8 Å². The third kappa shape index (κ3) is 1.80. The molecule has 0 fully saturated rings. The lowest BCUT2D eigenvalue weighted by Crippen LogP contribution is -1.87. The van der Waals surface area contributed by atoms with E-state index < -0.39 is 0 Å². The molecule has 0 spiro atoms. The summed E-state index contributed by atoms with van der Waals surface area (Å²) in [7, 11) is 0. The molecule has 0 unspecified atom stereocenters. The third-order valence-electron chi connectivity index (χ3n) is 1.38. The molecule has 1 aliphatic rings. The number of rotatable bonds is 0. The lowest BCUT2D eigenvalue weighted by atomic mass is 10.2. The van der Waals surface area contributed by atoms with Crippen LogP contribution in [0.3, 0.4) is 0 Å². The molecule has 2 nitrogen and oxygen atoms in total. The molecular formula is C7H10N2. The van der Waals surface area contributed by atoms with Gasteiger partial charge in [-0.2, -0.15) is 0 Å². The van der Waals surface area contributed by atoms with Gasteiger partial charge in [0.05, 0.1) is 0 Å². The lowest BCUT2D eigenvalue weighted by molar-refractivity contribution is 0.924. The van der Waals surface area contributed by atoms with Crippen molar-refractivity contribution in [3.8, 4) is 0 Å². The quantitative estimate of drug-likeness (QED) is 0.492. The maximum Gasteiger partial charge on any atom is 0.0314 e. The lowest BCUT2D eigenvalue weighted by Gasteiger charge is -1.90. The molecule has 1 rings (SSSR count). The maximum atomic E-state index is 7.24. The van der Waals surface area contributed by atoms with Crippen molar-refractivity contribution in [2.45, 2.75) is 19.3 Å². The van der Waals surface area contributed by atoms with Gasteiger partial charge in [-0.15, -0.1) is 0 Å². The molecule has 0 aliphatic heterocycles. The van der Waals surface area contributed by atoms with Crippen LogP contribution in [0.15, 0.2) is 12.2 Å². The zero-order valence-corrected chi connectivity index (χ0v) is 5.28. The molecule has 0 amide bonds. The predicted octanol–water partition coefficient (Wildman–Crippen LogP) is 1.77. The predicted molar refractivity (Wildman–Crippen MR) is 38.4 cm³/mol. The van der Waals surface area contributed by atoms with E-state index in [9.17, 15) is 0 Å². The van der Waals surface area contributed by atoms with Gasteiger partial charge >= 0.3 is 0 Å². The molecule has 0 atom stereocenters. The van der Waals surface area contributed by atoms with E-state index in [-0.39, 0.29) is 0 Å². The average molecular weight is 122 g/mol. The van der Waals surface area contributed by atoms with Crippen molar-refractivity contribution in [2.75, 3.05) is 0 Å². The molecule has 9 heavy (non-hydrogen) atoms. The second-order valence-corrected chi connectivity index (χ2v) is 2.24. The molecule has 0 aromatic carbocycles. The summed E-state index contributed by atoms with van der Waals surface area (Å²) in [6.07, 6.45) is 6.06. The number of hydrogen-bond donors (Lipinski definition) is 2. The Morgan fingerprint density at radius 3 is 1.89 bits per heavy atom. The normalized spacial score (nSPS) is 20.0. The minimum atomic E-state index is 0.650. The van der Waals surface area contributed by atoms with Gasteiger partial charge < -0.3 is 10.8 Å². The Bertz CT molecular complexity index is 150. The minimum absolute atomic E-state index is 0.650. The summed E-state index contributed by atoms with van der Waals surface area (Å²) in [4.78, 5) is 0. The molecule has 0 saturated carbocycles. The molecule has 2 N–H and O–H groups in total. The highest BCUT2D eigenvalue weighted by Crippen LogP contribution is 2.04. The molecule has 1 aliphatic carbocycles. The van der Waals surface area contributed by atoms with Crippen LogP contribution in [-0.2, 0) is 0 Å². The zero-order chi connectivity index (χ0) is 6.69. The number of hydrogen-bond acceptors (Lipinski definition) is 2.